The Labute approximate surface area is 103 Å². The first kappa shape index (κ1) is 12.0. The van der Waals surface area contributed by atoms with Gasteiger partial charge in [0.15, 0.2) is 0 Å². The van der Waals surface area contributed by atoms with Crippen LogP contribution in [-0.2, 0) is 0 Å². The summed E-state index contributed by atoms with van der Waals surface area (Å²) in [5, 5.41) is 6.06. The first-order chi connectivity index (χ1) is 8.58. The summed E-state index contributed by atoms with van der Waals surface area (Å²) in [5.74, 6) is 0.0276. The summed E-state index contributed by atoms with van der Waals surface area (Å²) in [4.78, 5) is 20.0. The maximum atomic E-state index is 11.8. The summed E-state index contributed by atoms with van der Waals surface area (Å²) in [6.07, 6.45) is 0. The fourth-order valence-electron chi connectivity index (χ4n) is 1.41. The van der Waals surface area contributed by atoms with Gasteiger partial charge in [-0.2, -0.15) is 0 Å². The number of aromatic nitrogens is 3. The Morgan fingerprint density at radius 1 is 1.28 bits per heavy atom. The molecular formula is C11H12N4O3. The van der Waals surface area contributed by atoms with Crippen molar-refractivity contribution in [2.24, 2.45) is 0 Å². The molecule has 0 saturated heterocycles. The van der Waals surface area contributed by atoms with Crippen LogP contribution in [0.15, 0.2) is 16.7 Å². The smallest absolute Gasteiger partial charge is 0.296 e. The lowest BCUT2D eigenvalue weighted by molar-refractivity contribution is 0.0986. The topological polar surface area (TPSA) is 90.1 Å². The van der Waals surface area contributed by atoms with E-state index in [9.17, 15) is 4.79 Å². The van der Waals surface area contributed by atoms with E-state index in [1.54, 1.807) is 0 Å². The van der Waals surface area contributed by atoms with Gasteiger partial charge in [-0.15, -0.1) is 0 Å². The predicted octanol–water partition coefficient (Wildman–Crippen LogP) is 1.34. The Morgan fingerprint density at radius 2 is 1.94 bits per heavy atom. The summed E-state index contributed by atoms with van der Waals surface area (Å²) < 4.78 is 9.62. The molecule has 0 bridgehead atoms. The third-order valence-electron chi connectivity index (χ3n) is 2.13. The molecular weight excluding hydrogens is 236 g/mol. The standard InChI is InChI=1S/C11H12N4O3/c1-6-4-7(2)13-11(12-6)14-10(16)8-5-9(17-3)15-18-8/h4-5H,1-3H3,(H,12,13,14,16). The van der Waals surface area contributed by atoms with Crippen molar-refractivity contribution in [1.82, 2.24) is 15.1 Å². The summed E-state index contributed by atoms with van der Waals surface area (Å²) in [5.41, 5.74) is 1.54. The number of nitrogens with one attached hydrogen (secondary N) is 1. The third-order valence-corrected chi connectivity index (χ3v) is 2.13. The molecule has 0 unspecified atom stereocenters. The molecule has 0 aromatic carbocycles. The molecule has 7 nitrogen and oxygen atoms in total. The summed E-state index contributed by atoms with van der Waals surface area (Å²) >= 11 is 0. The van der Waals surface area contributed by atoms with E-state index in [2.05, 4.69) is 20.4 Å². The van der Waals surface area contributed by atoms with Gasteiger partial charge in [0.1, 0.15) is 0 Å². The van der Waals surface area contributed by atoms with Gasteiger partial charge in [-0.25, -0.2) is 9.97 Å². The van der Waals surface area contributed by atoms with Crippen LogP contribution in [0.4, 0.5) is 5.95 Å². The number of hydrogen-bond acceptors (Lipinski definition) is 6. The highest BCUT2D eigenvalue weighted by molar-refractivity contribution is 6.01. The number of methoxy groups -OCH3 is 1. The van der Waals surface area contributed by atoms with Gasteiger partial charge in [0.05, 0.1) is 13.2 Å². The molecule has 0 aliphatic rings. The molecule has 1 amide bonds. The second kappa shape index (κ2) is 4.82. The minimum Gasteiger partial charge on any atom is -0.479 e. The molecule has 0 atom stereocenters. The minimum absolute atomic E-state index is 0.0367. The number of aryl methyl sites for hydroxylation is 2. The van der Waals surface area contributed by atoms with Crippen LogP contribution in [0.1, 0.15) is 21.9 Å². The molecule has 0 aliphatic heterocycles. The van der Waals surface area contributed by atoms with E-state index < -0.39 is 5.91 Å². The summed E-state index contributed by atoms with van der Waals surface area (Å²) in [6, 6.07) is 3.20. The maximum Gasteiger partial charge on any atom is 0.296 e. The second-order valence-electron chi connectivity index (χ2n) is 3.66. The largest absolute Gasteiger partial charge is 0.479 e. The molecule has 0 fully saturated rings. The quantitative estimate of drug-likeness (QED) is 0.881. The van der Waals surface area contributed by atoms with Gasteiger partial charge in [-0.1, -0.05) is 0 Å². The van der Waals surface area contributed by atoms with Crippen LogP contribution in [0.25, 0.3) is 0 Å². The van der Waals surface area contributed by atoms with Crippen LogP contribution in [0.3, 0.4) is 0 Å². The van der Waals surface area contributed by atoms with Crippen molar-refractivity contribution in [3.63, 3.8) is 0 Å². The zero-order valence-corrected chi connectivity index (χ0v) is 10.2. The average molecular weight is 248 g/mol. The van der Waals surface area contributed by atoms with Gasteiger partial charge in [-0.05, 0) is 25.1 Å². The number of amides is 1. The van der Waals surface area contributed by atoms with Crippen LogP contribution < -0.4 is 10.1 Å². The lowest BCUT2D eigenvalue weighted by Gasteiger charge is -2.02. The van der Waals surface area contributed by atoms with Crippen LogP contribution in [0.5, 0.6) is 5.88 Å². The molecule has 0 spiro atoms. The van der Waals surface area contributed by atoms with Crippen LogP contribution in [0, 0.1) is 13.8 Å². The molecule has 7 heteroatoms. The number of anilines is 1. The van der Waals surface area contributed by atoms with Crippen molar-refractivity contribution in [2.45, 2.75) is 13.8 Å². The van der Waals surface area contributed by atoms with E-state index in [1.165, 1.54) is 13.2 Å². The minimum atomic E-state index is -0.476. The van der Waals surface area contributed by atoms with Crippen molar-refractivity contribution in [3.8, 4) is 5.88 Å². The van der Waals surface area contributed by atoms with E-state index in [0.29, 0.717) is 0 Å². The normalized spacial score (nSPS) is 10.2. The molecule has 94 valence electrons. The van der Waals surface area contributed by atoms with Gasteiger partial charge in [0, 0.05) is 11.4 Å². The zero-order valence-electron chi connectivity index (χ0n) is 10.2. The molecule has 0 aliphatic carbocycles. The molecule has 2 heterocycles. The number of hydrogen-bond donors (Lipinski definition) is 1. The average Bonchev–Trinajstić information content (AvgIpc) is 2.75. The molecule has 0 saturated carbocycles. The Bertz CT molecular complexity index is 559. The van der Waals surface area contributed by atoms with Crippen LogP contribution >= 0.6 is 0 Å². The van der Waals surface area contributed by atoms with E-state index >= 15 is 0 Å². The Kier molecular flexibility index (Phi) is 3.22. The zero-order chi connectivity index (χ0) is 13.1. The van der Waals surface area contributed by atoms with E-state index in [0.717, 1.165) is 11.4 Å². The lowest BCUT2D eigenvalue weighted by Crippen LogP contribution is -2.14. The fourth-order valence-corrected chi connectivity index (χ4v) is 1.41. The van der Waals surface area contributed by atoms with Gasteiger partial charge in [0.25, 0.3) is 11.8 Å². The van der Waals surface area contributed by atoms with Crippen LogP contribution in [0.2, 0.25) is 0 Å². The third kappa shape index (κ3) is 2.62. The van der Waals surface area contributed by atoms with Crippen LogP contribution in [-0.4, -0.2) is 28.1 Å². The Balaban J connectivity index is 2.15. The van der Waals surface area contributed by atoms with Crippen molar-refractivity contribution in [1.29, 1.82) is 0 Å². The highest BCUT2D eigenvalue weighted by atomic mass is 16.5. The van der Waals surface area contributed by atoms with Gasteiger partial charge in [-0.3, -0.25) is 10.1 Å². The Morgan fingerprint density at radius 3 is 2.50 bits per heavy atom. The maximum absolute atomic E-state index is 11.8. The van der Waals surface area contributed by atoms with Gasteiger partial charge in [0.2, 0.25) is 11.7 Å². The van der Waals surface area contributed by atoms with E-state index in [-0.39, 0.29) is 17.6 Å². The van der Waals surface area contributed by atoms with Crippen molar-refractivity contribution < 1.29 is 14.1 Å². The summed E-state index contributed by atoms with van der Waals surface area (Å²) in [6.45, 7) is 3.64. The monoisotopic (exact) mass is 248 g/mol. The van der Waals surface area contributed by atoms with Crippen molar-refractivity contribution >= 4 is 11.9 Å². The number of carbonyl (C=O) groups is 1. The highest BCUT2D eigenvalue weighted by Gasteiger charge is 2.14. The molecule has 0 radical (unpaired) electrons. The molecule has 1 N–H and O–H groups in total. The first-order valence-electron chi connectivity index (χ1n) is 5.23. The molecule has 2 aromatic heterocycles. The van der Waals surface area contributed by atoms with Crippen molar-refractivity contribution in [2.75, 3.05) is 12.4 Å². The van der Waals surface area contributed by atoms with Crippen molar-refractivity contribution in [3.05, 3.63) is 29.3 Å². The first-order valence-corrected chi connectivity index (χ1v) is 5.23. The van der Waals surface area contributed by atoms with E-state index in [1.807, 2.05) is 19.9 Å². The second-order valence-corrected chi connectivity index (χ2v) is 3.66. The highest BCUT2D eigenvalue weighted by Crippen LogP contribution is 2.12. The molecule has 2 rings (SSSR count). The molecule has 18 heavy (non-hydrogen) atoms. The lowest BCUT2D eigenvalue weighted by atomic mass is 10.3. The number of rotatable bonds is 3. The molecule has 2 aromatic rings. The number of ether oxygens (including phenoxy) is 1. The van der Waals surface area contributed by atoms with Gasteiger partial charge >= 0.3 is 0 Å². The summed E-state index contributed by atoms with van der Waals surface area (Å²) in [7, 11) is 1.44. The number of nitrogens with zero attached hydrogens (tertiary/aromatic N) is 3. The fraction of sp³-hybridized carbons (Fsp3) is 0.273. The van der Waals surface area contributed by atoms with Gasteiger partial charge < -0.3 is 9.26 Å². The Hall–Kier alpha value is -2.44. The predicted molar refractivity (Wildman–Crippen MR) is 62.5 cm³/mol. The van der Waals surface area contributed by atoms with E-state index in [4.69, 9.17) is 9.26 Å². The number of carbonyl (C=O) groups excluding carboxylic acids is 1. The SMILES string of the molecule is COc1cc(C(=O)Nc2nc(C)cc(C)n2)on1.